The molecule has 8 heteroatoms. The second kappa shape index (κ2) is 10.3. The number of pyridine rings is 1. The highest BCUT2D eigenvalue weighted by Crippen LogP contribution is 2.17. The lowest BCUT2D eigenvalue weighted by Gasteiger charge is -2.30. The Morgan fingerprint density at radius 3 is 2.81 bits per heavy atom. The van der Waals surface area contributed by atoms with Gasteiger partial charge in [0.15, 0.2) is 0 Å². The number of nitrogens with one attached hydrogen (secondary N) is 2. The molecule has 1 aromatic carbocycles. The Labute approximate surface area is 165 Å². The molecule has 26 heavy (non-hydrogen) atoms. The molecule has 0 saturated heterocycles. The largest absolute Gasteiger partial charge is 0.481 e. The van der Waals surface area contributed by atoms with Crippen molar-refractivity contribution in [3.63, 3.8) is 0 Å². The van der Waals surface area contributed by atoms with Gasteiger partial charge in [0.25, 0.3) is 5.91 Å². The lowest BCUT2D eigenvalue weighted by Crippen LogP contribution is -2.49. The van der Waals surface area contributed by atoms with Gasteiger partial charge in [-0.3, -0.25) is 4.79 Å². The average Bonchev–Trinajstić information content (AvgIpc) is 2.65. The summed E-state index contributed by atoms with van der Waals surface area (Å²) >= 11 is 0. The second-order valence-corrected chi connectivity index (χ2v) is 5.82. The maximum Gasteiger partial charge on any atom is 0.251 e. The summed E-state index contributed by atoms with van der Waals surface area (Å²) in [7, 11) is 1.50. The summed E-state index contributed by atoms with van der Waals surface area (Å²) < 4.78 is 5.01. The summed E-state index contributed by atoms with van der Waals surface area (Å²) in [5, 5.41) is 16.5. The first-order valence-corrected chi connectivity index (χ1v) is 7.94. The fourth-order valence-corrected chi connectivity index (χ4v) is 2.86. The van der Waals surface area contributed by atoms with Crippen molar-refractivity contribution in [1.82, 2.24) is 15.6 Å². The normalized spacial score (nSPS) is 16.3. The van der Waals surface area contributed by atoms with Crippen LogP contribution in [0.15, 0.2) is 42.6 Å². The molecular weight excluding hydrogens is 377 g/mol. The molecule has 0 bridgehead atoms. The molecule has 2 heterocycles. The minimum absolute atomic E-state index is 0. The monoisotopic (exact) mass is 399 g/mol. The zero-order valence-electron chi connectivity index (χ0n) is 14.3. The number of ether oxygens (including phenoxy) is 1. The number of nitrogens with zero attached hydrogens (tertiary/aromatic N) is 1. The summed E-state index contributed by atoms with van der Waals surface area (Å²) in [4.78, 5) is 16.1. The van der Waals surface area contributed by atoms with E-state index in [1.165, 1.54) is 24.4 Å². The van der Waals surface area contributed by atoms with E-state index in [4.69, 9.17) is 4.74 Å². The number of aliphatic hydroxyl groups excluding tert-OH is 1. The van der Waals surface area contributed by atoms with Crippen LogP contribution in [0.25, 0.3) is 0 Å². The maximum atomic E-state index is 12.2. The van der Waals surface area contributed by atoms with Gasteiger partial charge in [-0.15, -0.1) is 24.8 Å². The quantitative estimate of drug-likeness (QED) is 0.712. The van der Waals surface area contributed by atoms with E-state index in [-0.39, 0.29) is 43.3 Å². The van der Waals surface area contributed by atoms with Crippen molar-refractivity contribution in [2.75, 3.05) is 13.7 Å². The highest BCUT2D eigenvalue weighted by Gasteiger charge is 2.24. The van der Waals surface area contributed by atoms with Crippen LogP contribution in [-0.2, 0) is 13.0 Å². The van der Waals surface area contributed by atoms with Crippen LogP contribution in [0.5, 0.6) is 5.88 Å². The van der Waals surface area contributed by atoms with Crippen molar-refractivity contribution in [3.05, 3.63) is 59.3 Å². The van der Waals surface area contributed by atoms with Crippen LogP contribution in [0.1, 0.15) is 21.5 Å². The molecule has 3 rings (SSSR count). The molecule has 6 nitrogen and oxygen atoms in total. The molecule has 1 aliphatic rings. The van der Waals surface area contributed by atoms with Gasteiger partial charge in [0.05, 0.1) is 13.2 Å². The van der Waals surface area contributed by atoms with Gasteiger partial charge in [-0.25, -0.2) is 4.98 Å². The first kappa shape index (κ1) is 22.2. The van der Waals surface area contributed by atoms with Crippen molar-refractivity contribution in [1.29, 1.82) is 0 Å². The van der Waals surface area contributed by atoms with Crippen LogP contribution in [0.4, 0.5) is 0 Å². The lowest BCUT2D eigenvalue weighted by molar-refractivity contribution is 0.0869. The van der Waals surface area contributed by atoms with Crippen molar-refractivity contribution in [2.45, 2.75) is 25.1 Å². The van der Waals surface area contributed by atoms with E-state index in [2.05, 4.69) is 27.8 Å². The molecule has 1 aliphatic heterocycles. The third kappa shape index (κ3) is 5.32. The Morgan fingerprint density at radius 2 is 2.08 bits per heavy atom. The summed E-state index contributed by atoms with van der Waals surface area (Å²) in [5.41, 5.74) is 2.95. The van der Waals surface area contributed by atoms with Crippen LogP contribution in [0, 0.1) is 0 Å². The Kier molecular flexibility index (Phi) is 8.81. The lowest BCUT2D eigenvalue weighted by atomic mass is 9.93. The number of aromatic nitrogens is 1. The van der Waals surface area contributed by atoms with Crippen molar-refractivity contribution < 1.29 is 14.6 Å². The van der Waals surface area contributed by atoms with Gasteiger partial charge >= 0.3 is 0 Å². The van der Waals surface area contributed by atoms with E-state index < -0.39 is 6.10 Å². The number of methoxy groups -OCH3 is 1. The van der Waals surface area contributed by atoms with Gasteiger partial charge < -0.3 is 20.5 Å². The Balaban J connectivity index is 0.00000169. The number of rotatable bonds is 5. The molecule has 0 fully saturated rings. The zero-order valence-corrected chi connectivity index (χ0v) is 16.0. The van der Waals surface area contributed by atoms with E-state index in [0.717, 1.165) is 13.0 Å². The predicted octanol–water partition coefficient (Wildman–Crippen LogP) is 1.74. The number of benzene rings is 1. The first-order chi connectivity index (χ1) is 11.7. The Hall–Kier alpha value is -1.86. The fraction of sp³-hybridized carbons (Fsp3) is 0.333. The number of hydrogen-bond donors (Lipinski definition) is 3. The van der Waals surface area contributed by atoms with E-state index in [0.29, 0.717) is 11.4 Å². The van der Waals surface area contributed by atoms with Crippen molar-refractivity contribution in [3.8, 4) is 5.88 Å². The van der Waals surface area contributed by atoms with Crippen LogP contribution in [0.2, 0.25) is 0 Å². The van der Waals surface area contributed by atoms with E-state index >= 15 is 0 Å². The van der Waals surface area contributed by atoms with Gasteiger partial charge in [-0.2, -0.15) is 0 Å². The van der Waals surface area contributed by atoms with E-state index in [1.54, 1.807) is 12.1 Å². The van der Waals surface area contributed by atoms with Crippen LogP contribution >= 0.6 is 24.8 Å². The van der Waals surface area contributed by atoms with Gasteiger partial charge in [-0.05, 0) is 23.6 Å². The van der Waals surface area contributed by atoms with Crippen LogP contribution < -0.4 is 15.4 Å². The second-order valence-electron chi connectivity index (χ2n) is 5.82. The Morgan fingerprint density at radius 1 is 1.35 bits per heavy atom. The van der Waals surface area contributed by atoms with Gasteiger partial charge in [0.1, 0.15) is 0 Å². The molecular formula is C18H23Cl2N3O3. The number of fused-ring (bicyclic) bond motifs is 1. The van der Waals surface area contributed by atoms with Crippen LogP contribution in [-0.4, -0.2) is 41.8 Å². The van der Waals surface area contributed by atoms with Crippen molar-refractivity contribution >= 4 is 30.7 Å². The number of aliphatic hydroxyl groups is 1. The average molecular weight is 400 g/mol. The summed E-state index contributed by atoms with van der Waals surface area (Å²) in [5.74, 6) is 0.125. The minimum atomic E-state index is -0.661. The van der Waals surface area contributed by atoms with Gasteiger partial charge in [0.2, 0.25) is 5.88 Å². The third-order valence-electron chi connectivity index (χ3n) is 4.26. The predicted molar refractivity (Wildman–Crippen MR) is 104 cm³/mol. The summed E-state index contributed by atoms with van der Waals surface area (Å²) in [6.07, 6.45) is 1.60. The smallest absolute Gasteiger partial charge is 0.251 e. The molecule has 142 valence electrons. The number of amides is 1. The third-order valence-corrected chi connectivity index (χ3v) is 4.26. The summed E-state index contributed by atoms with van der Waals surface area (Å²) in [6.45, 7) is 0.913. The number of carbonyl (C=O) groups is 1. The van der Waals surface area contributed by atoms with Crippen molar-refractivity contribution in [2.24, 2.45) is 0 Å². The highest BCUT2D eigenvalue weighted by atomic mass is 35.5. The van der Waals surface area contributed by atoms with E-state index in [1.807, 2.05) is 12.1 Å². The molecule has 1 aromatic heterocycles. The molecule has 3 N–H and O–H groups in total. The summed E-state index contributed by atoms with van der Waals surface area (Å²) in [6, 6.07) is 11.3. The first-order valence-electron chi connectivity index (χ1n) is 7.94. The molecule has 0 aliphatic carbocycles. The molecule has 1 unspecified atom stereocenters. The van der Waals surface area contributed by atoms with Gasteiger partial charge in [0, 0.05) is 37.0 Å². The molecule has 2 aromatic rings. The molecule has 1 amide bonds. The SMILES string of the molecule is COc1cc(C(=O)NCC(O)[C@@H]2Cc3ccccc3CN2)ccn1.Cl.Cl. The fourth-order valence-electron chi connectivity index (χ4n) is 2.86. The molecule has 2 atom stereocenters. The molecule has 0 saturated carbocycles. The standard InChI is InChI=1S/C18H21N3O3.2ClH/c1-24-17-9-13(6-7-19-17)18(23)21-11-16(22)15-8-12-4-2-3-5-14(12)10-20-15;;/h2-7,9,15-16,20,22H,8,10-11H2,1H3,(H,21,23);2*1H/t15-,16?;;/m0../s1. The van der Waals surface area contributed by atoms with Crippen LogP contribution in [0.3, 0.4) is 0 Å². The number of hydrogen-bond acceptors (Lipinski definition) is 5. The zero-order chi connectivity index (χ0) is 16.9. The highest BCUT2D eigenvalue weighted by molar-refractivity contribution is 5.94. The van der Waals surface area contributed by atoms with E-state index in [9.17, 15) is 9.90 Å². The molecule has 0 spiro atoms. The number of halogens is 2. The maximum absolute atomic E-state index is 12.2. The molecule has 0 radical (unpaired) electrons. The Bertz CT molecular complexity index is 730. The minimum Gasteiger partial charge on any atom is -0.481 e. The number of carbonyl (C=O) groups excluding carboxylic acids is 1. The van der Waals surface area contributed by atoms with Gasteiger partial charge in [-0.1, -0.05) is 24.3 Å². The topological polar surface area (TPSA) is 83.5 Å².